The van der Waals surface area contributed by atoms with Crippen molar-refractivity contribution < 1.29 is 13.2 Å². The van der Waals surface area contributed by atoms with Gasteiger partial charge in [-0.05, 0) is 18.7 Å². The summed E-state index contributed by atoms with van der Waals surface area (Å²) in [5.41, 5.74) is 0.466. The van der Waals surface area contributed by atoms with Gasteiger partial charge in [0.25, 0.3) is 0 Å². The molecule has 3 nitrogen and oxygen atoms in total. The fraction of sp³-hybridized carbons (Fsp3) is 0.308. The number of rotatable bonds is 4. The monoisotopic (exact) mass is 303 g/mol. The van der Waals surface area contributed by atoms with Gasteiger partial charge in [0.15, 0.2) is 0 Å². The van der Waals surface area contributed by atoms with Gasteiger partial charge in [-0.25, -0.2) is 4.68 Å². The lowest BCUT2D eigenvalue weighted by Gasteiger charge is -2.12. The molecule has 0 unspecified atom stereocenters. The molecule has 0 spiro atoms. The predicted octanol–water partition coefficient (Wildman–Crippen LogP) is 3.65. The van der Waals surface area contributed by atoms with E-state index in [4.69, 9.17) is 11.6 Å². The normalized spacial score (nSPS) is 11.8. The van der Waals surface area contributed by atoms with Gasteiger partial charge >= 0.3 is 6.18 Å². The van der Waals surface area contributed by atoms with Gasteiger partial charge in [-0.3, -0.25) is 0 Å². The van der Waals surface area contributed by atoms with E-state index in [2.05, 4.69) is 10.4 Å². The van der Waals surface area contributed by atoms with E-state index in [1.807, 2.05) is 6.92 Å². The highest BCUT2D eigenvalue weighted by molar-refractivity contribution is 6.31. The Morgan fingerprint density at radius 2 is 2.10 bits per heavy atom. The van der Waals surface area contributed by atoms with Crippen LogP contribution in [0.1, 0.15) is 18.1 Å². The van der Waals surface area contributed by atoms with E-state index in [1.165, 1.54) is 4.68 Å². The minimum Gasteiger partial charge on any atom is -0.313 e. The molecule has 0 saturated heterocycles. The first-order valence-electron chi connectivity index (χ1n) is 6.04. The van der Waals surface area contributed by atoms with Gasteiger partial charge in [-0.1, -0.05) is 24.6 Å². The number of aromatic nitrogens is 2. The standard InChI is InChI=1S/C13H13ClF3N3/c1-2-18-7-10-11(14)4-3-5-12(10)20-8-9(6-19-20)13(15,16)17/h3-6,8,18H,2,7H2,1H3. The molecular formula is C13H13ClF3N3. The molecule has 0 fully saturated rings. The Bertz CT molecular complexity index is 593. The summed E-state index contributed by atoms with van der Waals surface area (Å²) in [7, 11) is 0. The van der Waals surface area contributed by atoms with Crippen molar-refractivity contribution in [1.29, 1.82) is 0 Å². The second-order valence-corrected chi connectivity index (χ2v) is 4.60. The lowest BCUT2D eigenvalue weighted by Crippen LogP contribution is -2.14. The molecule has 1 heterocycles. The quantitative estimate of drug-likeness (QED) is 0.934. The van der Waals surface area contributed by atoms with Gasteiger partial charge in [0.1, 0.15) is 0 Å². The van der Waals surface area contributed by atoms with Crippen molar-refractivity contribution in [3.8, 4) is 5.69 Å². The van der Waals surface area contributed by atoms with Crippen LogP contribution in [0.4, 0.5) is 13.2 Å². The highest BCUT2D eigenvalue weighted by Gasteiger charge is 2.32. The molecule has 2 aromatic rings. The average molecular weight is 304 g/mol. The average Bonchev–Trinajstić information content (AvgIpc) is 2.86. The Hall–Kier alpha value is -1.53. The Balaban J connectivity index is 2.42. The maximum absolute atomic E-state index is 12.6. The van der Waals surface area contributed by atoms with Crippen LogP contribution in [0.25, 0.3) is 5.69 Å². The smallest absolute Gasteiger partial charge is 0.313 e. The van der Waals surface area contributed by atoms with E-state index in [9.17, 15) is 13.2 Å². The van der Waals surface area contributed by atoms with Crippen LogP contribution in [0.3, 0.4) is 0 Å². The van der Waals surface area contributed by atoms with Gasteiger partial charge in [0.2, 0.25) is 0 Å². The highest BCUT2D eigenvalue weighted by Crippen LogP contribution is 2.30. The molecule has 20 heavy (non-hydrogen) atoms. The minimum absolute atomic E-state index is 0.465. The van der Waals surface area contributed by atoms with Crippen molar-refractivity contribution in [2.45, 2.75) is 19.6 Å². The molecule has 108 valence electrons. The van der Waals surface area contributed by atoms with Crippen molar-refractivity contribution in [2.75, 3.05) is 6.54 Å². The van der Waals surface area contributed by atoms with Crippen LogP contribution in [0.2, 0.25) is 5.02 Å². The number of hydrogen-bond donors (Lipinski definition) is 1. The van der Waals surface area contributed by atoms with Crippen LogP contribution in [0.15, 0.2) is 30.6 Å². The summed E-state index contributed by atoms with van der Waals surface area (Å²) in [6.45, 7) is 3.14. The van der Waals surface area contributed by atoms with Crippen LogP contribution in [-0.4, -0.2) is 16.3 Å². The van der Waals surface area contributed by atoms with Gasteiger partial charge in [0.05, 0.1) is 17.4 Å². The number of nitrogens with one attached hydrogen (secondary N) is 1. The van der Waals surface area contributed by atoms with Gasteiger partial charge in [-0.2, -0.15) is 18.3 Å². The molecule has 1 aromatic heterocycles. The molecule has 0 aliphatic carbocycles. The zero-order valence-corrected chi connectivity index (χ0v) is 11.5. The van der Waals surface area contributed by atoms with Crippen LogP contribution in [0.5, 0.6) is 0 Å². The molecular weight excluding hydrogens is 291 g/mol. The molecule has 2 rings (SSSR count). The molecule has 0 bridgehead atoms. The van der Waals surface area contributed by atoms with Crippen LogP contribution in [0, 0.1) is 0 Å². The molecule has 0 atom stereocenters. The fourth-order valence-electron chi connectivity index (χ4n) is 1.79. The summed E-state index contributed by atoms with van der Waals surface area (Å²) in [5, 5.41) is 7.37. The molecule has 7 heteroatoms. The van der Waals surface area contributed by atoms with Crippen molar-refractivity contribution >= 4 is 11.6 Å². The zero-order valence-electron chi connectivity index (χ0n) is 10.7. The first-order chi connectivity index (χ1) is 9.43. The van der Waals surface area contributed by atoms with Crippen molar-refractivity contribution in [3.63, 3.8) is 0 Å². The van der Waals surface area contributed by atoms with Crippen molar-refractivity contribution in [3.05, 3.63) is 46.7 Å². The van der Waals surface area contributed by atoms with E-state index in [-0.39, 0.29) is 0 Å². The van der Waals surface area contributed by atoms with Gasteiger partial charge in [0, 0.05) is 23.3 Å². The van der Waals surface area contributed by atoms with Gasteiger partial charge in [-0.15, -0.1) is 0 Å². The van der Waals surface area contributed by atoms with E-state index in [0.717, 1.165) is 18.9 Å². The summed E-state index contributed by atoms with van der Waals surface area (Å²) in [4.78, 5) is 0. The first-order valence-corrected chi connectivity index (χ1v) is 6.41. The second kappa shape index (κ2) is 5.85. The third kappa shape index (κ3) is 3.13. The third-order valence-electron chi connectivity index (χ3n) is 2.80. The van der Waals surface area contributed by atoms with Crippen molar-refractivity contribution in [1.82, 2.24) is 15.1 Å². The largest absolute Gasteiger partial charge is 0.419 e. The number of hydrogen-bond acceptors (Lipinski definition) is 2. The van der Waals surface area contributed by atoms with E-state index >= 15 is 0 Å². The topological polar surface area (TPSA) is 29.9 Å². The molecule has 0 saturated carbocycles. The SMILES string of the molecule is CCNCc1c(Cl)cccc1-n1cc(C(F)(F)F)cn1. The van der Waals surface area contributed by atoms with E-state index in [0.29, 0.717) is 22.8 Å². The lowest BCUT2D eigenvalue weighted by molar-refractivity contribution is -0.137. The summed E-state index contributed by atoms with van der Waals surface area (Å²) >= 11 is 6.11. The van der Waals surface area contributed by atoms with E-state index in [1.54, 1.807) is 18.2 Å². The molecule has 1 aromatic carbocycles. The Morgan fingerprint density at radius 1 is 1.35 bits per heavy atom. The Morgan fingerprint density at radius 3 is 2.70 bits per heavy atom. The minimum atomic E-state index is -4.40. The fourth-order valence-corrected chi connectivity index (χ4v) is 2.02. The molecule has 1 N–H and O–H groups in total. The number of benzene rings is 1. The number of alkyl halides is 3. The van der Waals surface area contributed by atoms with Crippen LogP contribution in [-0.2, 0) is 12.7 Å². The second-order valence-electron chi connectivity index (χ2n) is 4.19. The van der Waals surface area contributed by atoms with Crippen LogP contribution >= 0.6 is 11.6 Å². The maximum Gasteiger partial charge on any atom is 0.419 e. The van der Waals surface area contributed by atoms with Gasteiger partial charge < -0.3 is 5.32 Å². The zero-order chi connectivity index (χ0) is 14.8. The number of nitrogens with zero attached hydrogens (tertiary/aromatic N) is 2. The lowest BCUT2D eigenvalue weighted by atomic mass is 10.1. The summed E-state index contributed by atoms with van der Waals surface area (Å²) in [5.74, 6) is 0. The van der Waals surface area contributed by atoms with Crippen LogP contribution < -0.4 is 5.32 Å². The maximum atomic E-state index is 12.6. The highest BCUT2D eigenvalue weighted by atomic mass is 35.5. The predicted molar refractivity (Wildman–Crippen MR) is 71.0 cm³/mol. The molecule has 0 aliphatic rings. The summed E-state index contributed by atoms with van der Waals surface area (Å²) in [6, 6.07) is 5.07. The summed E-state index contributed by atoms with van der Waals surface area (Å²) < 4.78 is 39.0. The Kier molecular flexibility index (Phi) is 4.35. The molecule has 0 amide bonds. The molecule has 0 aliphatic heterocycles. The Labute approximate surface area is 119 Å². The first kappa shape index (κ1) is 14.9. The van der Waals surface area contributed by atoms with E-state index < -0.39 is 11.7 Å². The number of halogens is 4. The molecule has 0 radical (unpaired) electrons. The van der Waals surface area contributed by atoms with Crippen molar-refractivity contribution in [2.24, 2.45) is 0 Å². The third-order valence-corrected chi connectivity index (χ3v) is 3.16. The summed E-state index contributed by atoms with van der Waals surface area (Å²) in [6.07, 6.45) is -2.64.